The number of aromatic nitrogens is 2. The Balaban J connectivity index is 1.52. The van der Waals surface area contributed by atoms with Gasteiger partial charge in [0.1, 0.15) is 6.04 Å². The molecule has 1 atom stereocenters. The maximum Gasteiger partial charge on any atom is 0.247 e. The summed E-state index contributed by atoms with van der Waals surface area (Å²) in [5.74, 6) is 1.34. The van der Waals surface area contributed by atoms with Crippen LogP contribution in [0.3, 0.4) is 0 Å². The molecule has 0 aliphatic carbocycles. The molecule has 4 rings (SSSR count). The number of hydrogen-bond acceptors (Lipinski definition) is 7. The van der Waals surface area contributed by atoms with Gasteiger partial charge in [-0.15, -0.1) is 0 Å². The Bertz CT molecular complexity index is 808. The number of nitrogens with zero attached hydrogens (tertiary/aromatic N) is 3. The van der Waals surface area contributed by atoms with Crippen LogP contribution < -0.4 is 9.47 Å². The largest absolute Gasteiger partial charge is 0.454 e. The minimum atomic E-state index is -0.370. The summed E-state index contributed by atoms with van der Waals surface area (Å²) in [6, 6.07) is 3.12. The summed E-state index contributed by atoms with van der Waals surface area (Å²) < 4.78 is 20.8. The number of halogens is 1. The Morgan fingerprint density at radius 3 is 3.12 bits per heavy atom. The Kier molecular flexibility index (Phi) is 4.29. The van der Waals surface area contributed by atoms with Crippen LogP contribution in [0.1, 0.15) is 17.4 Å². The van der Waals surface area contributed by atoms with Crippen LogP contribution >= 0.6 is 11.6 Å². The summed E-state index contributed by atoms with van der Waals surface area (Å²) >= 11 is 6.15. The van der Waals surface area contributed by atoms with Gasteiger partial charge in [0.15, 0.2) is 17.3 Å². The van der Waals surface area contributed by atoms with Gasteiger partial charge in [-0.1, -0.05) is 16.8 Å². The van der Waals surface area contributed by atoms with Crippen molar-refractivity contribution in [1.29, 1.82) is 0 Å². The highest BCUT2D eigenvalue weighted by molar-refractivity contribution is 6.32. The van der Waals surface area contributed by atoms with Gasteiger partial charge < -0.3 is 23.6 Å². The van der Waals surface area contributed by atoms with Gasteiger partial charge in [-0.25, -0.2) is 0 Å². The lowest BCUT2D eigenvalue weighted by molar-refractivity contribution is -0.135. The Morgan fingerprint density at radius 1 is 1.36 bits per heavy atom. The molecule has 2 aliphatic rings. The van der Waals surface area contributed by atoms with Crippen molar-refractivity contribution < 1.29 is 23.5 Å². The number of morpholine rings is 1. The molecule has 1 aromatic carbocycles. The van der Waals surface area contributed by atoms with E-state index in [0.717, 1.165) is 5.56 Å². The number of benzene rings is 1. The molecule has 1 saturated heterocycles. The first-order chi connectivity index (χ1) is 12.2. The lowest BCUT2D eigenvalue weighted by Gasteiger charge is -2.32. The molecular weight excluding hydrogens is 350 g/mol. The van der Waals surface area contributed by atoms with Gasteiger partial charge in [0.05, 0.1) is 18.2 Å². The Hall–Kier alpha value is -2.58. The lowest BCUT2D eigenvalue weighted by Crippen LogP contribution is -2.43. The molecule has 0 spiro atoms. The van der Waals surface area contributed by atoms with Crippen LogP contribution in [0, 0.1) is 0 Å². The number of hydrogen-bond donors (Lipinski definition) is 0. The fourth-order valence-electron chi connectivity index (χ4n) is 2.75. The minimum absolute atomic E-state index is 0.140. The van der Waals surface area contributed by atoms with Crippen molar-refractivity contribution in [2.24, 2.45) is 0 Å². The van der Waals surface area contributed by atoms with Crippen LogP contribution in [0.5, 0.6) is 11.5 Å². The summed E-state index contributed by atoms with van der Waals surface area (Å²) in [7, 11) is 0. The molecule has 25 heavy (non-hydrogen) atoms. The minimum Gasteiger partial charge on any atom is -0.454 e. The summed E-state index contributed by atoms with van der Waals surface area (Å²) in [6.07, 6.45) is 4.39. The standard InChI is InChI=1S/C16H14ClN3O5/c17-11-5-10(6-13-15(11)24-9-23-13)1-2-14(21)20-3-4-22-7-12(20)16-18-8-25-19-16/h1-2,5-6,8,12H,3-4,7,9H2/b2-1+. The molecule has 0 saturated carbocycles. The monoisotopic (exact) mass is 363 g/mol. The Labute approximate surface area is 147 Å². The van der Waals surface area contributed by atoms with Crippen LogP contribution in [0.4, 0.5) is 0 Å². The molecule has 2 aromatic rings. The van der Waals surface area contributed by atoms with E-state index in [1.165, 1.54) is 12.5 Å². The van der Waals surface area contributed by atoms with Crippen molar-refractivity contribution in [2.45, 2.75) is 6.04 Å². The number of fused-ring (bicyclic) bond motifs is 1. The molecule has 1 aromatic heterocycles. The summed E-state index contributed by atoms with van der Waals surface area (Å²) in [4.78, 5) is 18.3. The average Bonchev–Trinajstić information content (AvgIpc) is 3.31. The molecule has 9 heteroatoms. The van der Waals surface area contributed by atoms with Crippen molar-refractivity contribution in [2.75, 3.05) is 26.6 Å². The number of carbonyl (C=O) groups is 1. The molecular formula is C16H14ClN3O5. The second-order valence-electron chi connectivity index (χ2n) is 5.48. The molecule has 2 aliphatic heterocycles. The van der Waals surface area contributed by atoms with E-state index in [1.54, 1.807) is 23.1 Å². The number of rotatable bonds is 3. The van der Waals surface area contributed by atoms with Crippen LogP contribution in [0.2, 0.25) is 5.02 Å². The van der Waals surface area contributed by atoms with Gasteiger partial charge >= 0.3 is 0 Å². The van der Waals surface area contributed by atoms with E-state index in [1.807, 2.05) is 0 Å². The van der Waals surface area contributed by atoms with Gasteiger partial charge in [0, 0.05) is 12.6 Å². The highest BCUT2D eigenvalue weighted by Crippen LogP contribution is 2.40. The smallest absolute Gasteiger partial charge is 0.247 e. The van der Waals surface area contributed by atoms with Crippen LogP contribution in [-0.2, 0) is 9.53 Å². The van der Waals surface area contributed by atoms with E-state index in [9.17, 15) is 4.79 Å². The van der Waals surface area contributed by atoms with Gasteiger partial charge in [-0.2, -0.15) is 4.98 Å². The quantitative estimate of drug-likeness (QED) is 0.771. The summed E-state index contributed by atoms with van der Waals surface area (Å²) in [5, 5.41) is 4.25. The second-order valence-corrected chi connectivity index (χ2v) is 5.89. The van der Waals surface area contributed by atoms with E-state index in [0.29, 0.717) is 42.1 Å². The van der Waals surface area contributed by atoms with Gasteiger partial charge in [0.25, 0.3) is 0 Å². The van der Waals surface area contributed by atoms with Crippen molar-refractivity contribution in [3.05, 3.63) is 41.0 Å². The average molecular weight is 364 g/mol. The fraction of sp³-hybridized carbons (Fsp3) is 0.312. The highest BCUT2D eigenvalue weighted by atomic mass is 35.5. The van der Waals surface area contributed by atoms with E-state index in [4.69, 9.17) is 30.3 Å². The van der Waals surface area contributed by atoms with E-state index in [-0.39, 0.29) is 18.7 Å². The summed E-state index contributed by atoms with van der Waals surface area (Å²) in [5.41, 5.74) is 0.743. The molecule has 130 valence electrons. The van der Waals surface area contributed by atoms with E-state index in [2.05, 4.69) is 10.1 Å². The number of amides is 1. The van der Waals surface area contributed by atoms with Crippen molar-refractivity contribution in [3.8, 4) is 11.5 Å². The van der Waals surface area contributed by atoms with Crippen molar-refractivity contribution >= 4 is 23.6 Å². The third-order valence-electron chi connectivity index (χ3n) is 3.96. The zero-order valence-corrected chi connectivity index (χ0v) is 13.8. The van der Waals surface area contributed by atoms with Crippen molar-refractivity contribution in [3.63, 3.8) is 0 Å². The SMILES string of the molecule is O=C(/C=C/c1cc(Cl)c2c(c1)OCO2)N1CCOCC1c1ncon1. The highest BCUT2D eigenvalue weighted by Gasteiger charge is 2.30. The fourth-order valence-corrected chi connectivity index (χ4v) is 3.03. The van der Waals surface area contributed by atoms with E-state index < -0.39 is 0 Å². The van der Waals surface area contributed by atoms with Crippen LogP contribution in [-0.4, -0.2) is 47.5 Å². The molecule has 0 N–H and O–H groups in total. The topological polar surface area (TPSA) is 86.9 Å². The lowest BCUT2D eigenvalue weighted by atomic mass is 10.1. The first kappa shape index (κ1) is 15.9. The first-order valence-corrected chi connectivity index (χ1v) is 8.02. The molecule has 3 heterocycles. The summed E-state index contributed by atoms with van der Waals surface area (Å²) in [6.45, 7) is 1.38. The van der Waals surface area contributed by atoms with E-state index >= 15 is 0 Å². The molecule has 1 amide bonds. The molecule has 1 unspecified atom stereocenters. The zero-order chi connectivity index (χ0) is 17.2. The third-order valence-corrected chi connectivity index (χ3v) is 4.24. The maximum absolute atomic E-state index is 12.6. The predicted octanol–water partition coefficient (Wildman–Crippen LogP) is 2.06. The van der Waals surface area contributed by atoms with Crippen molar-refractivity contribution in [1.82, 2.24) is 15.0 Å². The third kappa shape index (κ3) is 3.18. The molecule has 0 bridgehead atoms. The zero-order valence-electron chi connectivity index (χ0n) is 13.1. The maximum atomic E-state index is 12.6. The van der Waals surface area contributed by atoms with Gasteiger partial charge in [-0.3, -0.25) is 4.79 Å². The molecule has 1 fully saturated rings. The molecule has 8 nitrogen and oxygen atoms in total. The predicted molar refractivity (Wildman–Crippen MR) is 86.2 cm³/mol. The Morgan fingerprint density at radius 2 is 2.28 bits per heavy atom. The normalized spacial score (nSPS) is 19.6. The van der Waals surface area contributed by atoms with Gasteiger partial charge in [0.2, 0.25) is 19.1 Å². The second kappa shape index (κ2) is 6.73. The van der Waals surface area contributed by atoms with Crippen LogP contribution in [0.25, 0.3) is 6.08 Å². The molecule has 0 radical (unpaired) electrons. The number of carbonyl (C=O) groups excluding carboxylic acids is 1. The van der Waals surface area contributed by atoms with Gasteiger partial charge in [-0.05, 0) is 23.8 Å². The van der Waals surface area contributed by atoms with Crippen LogP contribution in [0.15, 0.2) is 29.1 Å². The number of ether oxygens (including phenoxy) is 3. The first-order valence-electron chi connectivity index (χ1n) is 7.64.